The highest BCUT2D eigenvalue weighted by atomic mass is 32.2. The number of carbonyl (C=O) groups excluding carboxylic acids is 1. The van der Waals surface area contributed by atoms with E-state index >= 15 is 0 Å². The smallest absolute Gasteiger partial charge is 0.407 e. The fraction of sp³-hybridized carbons (Fsp3) is 0.731. The van der Waals surface area contributed by atoms with Crippen LogP contribution in [-0.4, -0.2) is 90.1 Å². The molecule has 3 aliphatic heterocycles. The Morgan fingerprint density at radius 2 is 1.74 bits per heavy atom. The van der Waals surface area contributed by atoms with Crippen molar-refractivity contribution in [3.63, 3.8) is 0 Å². The van der Waals surface area contributed by atoms with Crippen molar-refractivity contribution in [3.8, 4) is 0 Å². The van der Waals surface area contributed by atoms with Gasteiger partial charge < -0.3 is 20.3 Å². The Labute approximate surface area is 213 Å². The van der Waals surface area contributed by atoms with Gasteiger partial charge in [-0.05, 0) is 83.7 Å². The maximum Gasteiger partial charge on any atom is 0.407 e. The van der Waals surface area contributed by atoms with E-state index in [1.54, 1.807) is 0 Å². The minimum atomic E-state index is -1.19. The summed E-state index contributed by atoms with van der Waals surface area (Å²) in [5, 5.41) is 6.41. The van der Waals surface area contributed by atoms with Gasteiger partial charge in [0, 0.05) is 57.5 Å². The van der Waals surface area contributed by atoms with E-state index in [0.29, 0.717) is 13.1 Å². The van der Waals surface area contributed by atoms with Crippen molar-refractivity contribution in [1.82, 2.24) is 19.8 Å². The van der Waals surface area contributed by atoms with Crippen molar-refractivity contribution in [1.29, 1.82) is 0 Å². The van der Waals surface area contributed by atoms with Crippen LogP contribution >= 0.6 is 0 Å². The van der Waals surface area contributed by atoms with Crippen molar-refractivity contribution < 1.29 is 13.7 Å². The molecule has 0 aromatic heterocycles. The van der Waals surface area contributed by atoms with Crippen LogP contribution in [0.5, 0.6) is 0 Å². The summed E-state index contributed by atoms with van der Waals surface area (Å²) in [6.45, 7) is 14.7. The van der Waals surface area contributed by atoms with Crippen LogP contribution in [0.1, 0.15) is 46.5 Å². The van der Waals surface area contributed by atoms with Crippen LogP contribution in [-0.2, 0) is 15.7 Å². The van der Waals surface area contributed by atoms with E-state index in [1.807, 2.05) is 37.2 Å². The van der Waals surface area contributed by atoms with E-state index in [2.05, 4.69) is 32.6 Å². The zero-order valence-corrected chi connectivity index (χ0v) is 22.4. The van der Waals surface area contributed by atoms with E-state index in [0.717, 1.165) is 62.9 Å². The van der Waals surface area contributed by atoms with Gasteiger partial charge in [0.1, 0.15) is 16.6 Å². The van der Waals surface area contributed by atoms with Gasteiger partial charge in [-0.15, -0.1) is 0 Å². The second-order valence-electron chi connectivity index (χ2n) is 11.1. The van der Waals surface area contributed by atoms with Crippen LogP contribution in [0.3, 0.4) is 0 Å². The summed E-state index contributed by atoms with van der Waals surface area (Å²) in [5.74, 6) is 0.831. The van der Waals surface area contributed by atoms with Gasteiger partial charge in [0.2, 0.25) is 0 Å². The maximum absolute atomic E-state index is 13.3. The first-order chi connectivity index (χ1) is 16.8. The molecule has 0 saturated carbocycles. The zero-order valence-electron chi connectivity index (χ0n) is 21.6. The molecule has 3 aliphatic rings. The van der Waals surface area contributed by atoms with Crippen molar-refractivity contribution in [2.75, 3.05) is 63.8 Å². The number of carbonyl (C=O) groups is 1. The number of rotatable bonds is 6. The van der Waals surface area contributed by atoms with E-state index in [1.165, 1.54) is 25.1 Å². The van der Waals surface area contributed by atoms with Crippen LogP contribution < -0.4 is 15.5 Å². The second kappa shape index (κ2) is 12.0. The van der Waals surface area contributed by atoms with E-state index in [9.17, 15) is 9.00 Å². The number of nitrogens with one attached hydrogen (secondary N) is 2. The van der Waals surface area contributed by atoms with Crippen LogP contribution in [0.25, 0.3) is 0 Å². The number of hydrogen-bond donors (Lipinski definition) is 2. The Hall–Kier alpha value is -1.68. The number of amides is 1. The van der Waals surface area contributed by atoms with E-state index in [4.69, 9.17) is 4.74 Å². The molecule has 1 aromatic carbocycles. The normalized spacial score (nSPS) is 22.7. The molecule has 3 heterocycles. The van der Waals surface area contributed by atoms with Gasteiger partial charge in [0.25, 0.3) is 0 Å². The van der Waals surface area contributed by atoms with Crippen LogP contribution in [0.4, 0.5) is 10.5 Å². The molecule has 0 bridgehead atoms. The molecule has 0 spiro atoms. The minimum absolute atomic E-state index is 0.0607. The number of piperazine rings is 1. The molecular weight excluding hydrogens is 462 g/mol. The molecule has 1 aromatic rings. The largest absolute Gasteiger partial charge is 0.444 e. The Bertz CT molecular complexity index is 855. The lowest BCUT2D eigenvalue weighted by atomic mass is 9.97. The summed E-state index contributed by atoms with van der Waals surface area (Å²) >= 11 is 0. The Balaban J connectivity index is 1.24. The van der Waals surface area contributed by atoms with Gasteiger partial charge in [0.15, 0.2) is 0 Å². The monoisotopic (exact) mass is 505 g/mol. The fourth-order valence-electron chi connectivity index (χ4n) is 5.20. The third-order valence-electron chi connectivity index (χ3n) is 7.14. The number of benzene rings is 1. The first-order valence-corrected chi connectivity index (χ1v) is 14.3. The molecule has 9 heteroatoms. The van der Waals surface area contributed by atoms with Crippen molar-refractivity contribution in [2.24, 2.45) is 5.92 Å². The molecule has 3 fully saturated rings. The minimum Gasteiger partial charge on any atom is -0.444 e. The van der Waals surface area contributed by atoms with Gasteiger partial charge in [-0.1, -0.05) is 6.07 Å². The summed E-state index contributed by atoms with van der Waals surface area (Å²) in [6, 6.07) is 8.30. The van der Waals surface area contributed by atoms with Crippen molar-refractivity contribution in [3.05, 3.63) is 24.3 Å². The third-order valence-corrected chi connectivity index (χ3v) is 8.63. The molecule has 2 N–H and O–H groups in total. The molecule has 4 rings (SSSR count). The average Bonchev–Trinajstić information content (AvgIpc) is 2.84. The highest BCUT2D eigenvalue weighted by Gasteiger charge is 2.27. The molecule has 1 unspecified atom stereocenters. The van der Waals surface area contributed by atoms with Crippen molar-refractivity contribution >= 4 is 22.8 Å². The molecule has 0 radical (unpaired) electrons. The fourth-order valence-corrected chi connectivity index (χ4v) is 6.45. The van der Waals surface area contributed by atoms with E-state index < -0.39 is 16.6 Å². The number of alkyl carbamates (subject to hydrolysis) is 1. The molecule has 3 saturated heterocycles. The number of hydrogen-bond acceptors (Lipinski definition) is 6. The average molecular weight is 506 g/mol. The summed E-state index contributed by atoms with van der Waals surface area (Å²) < 4.78 is 20.7. The Morgan fingerprint density at radius 3 is 2.40 bits per heavy atom. The molecule has 196 valence electrons. The predicted octanol–water partition coefficient (Wildman–Crippen LogP) is 2.82. The van der Waals surface area contributed by atoms with Gasteiger partial charge in [-0.25, -0.2) is 13.3 Å². The number of nitrogens with zero attached hydrogens (tertiary/aromatic N) is 3. The lowest BCUT2D eigenvalue weighted by molar-refractivity contribution is 0.0490. The van der Waals surface area contributed by atoms with Gasteiger partial charge in [-0.3, -0.25) is 4.90 Å². The number of anilines is 1. The summed E-state index contributed by atoms with van der Waals surface area (Å²) in [5.41, 5.74) is 0.663. The van der Waals surface area contributed by atoms with Crippen LogP contribution in [0.15, 0.2) is 29.2 Å². The lowest BCUT2D eigenvalue weighted by Gasteiger charge is -2.38. The second-order valence-corrected chi connectivity index (χ2v) is 12.6. The van der Waals surface area contributed by atoms with Gasteiger partial charge >= 0.3 is 6.09 Å². The van der Waals surface area contributed by atoms with Gasteiger partial charge in [-0.2, -0.15) is 0 Å². The SMILES string of the molecule is CC(C)(C)OC(=O)NC1CCN(S(=O)c2cccc(N3CCN(CC4CCNCC4)CC3)c2)CC1. The summed E-state index contributed by atoms with van der Waals surface area (Å²) in [6.07, 6.45) is 3.75. The molecule has 1 atom stereocenters. The third kappa shape index (κ3) is 7.90. The summed E-state index contributed by atoms with van der Waals surface area (Å²) in [4.78, 5) is 18.0. The zero-order chi connectivity index (χ0) is 24.8. The first kappa shape index (κ1) is 26.4. The Kier molecular flexibility index (Phi) is 9.07. The summed E-state index contributed by atoms with van der Waals surface area (Å²) in [7, 11) is -1.19. The maximum atomic E-state index is 13.3. The topological polar surface area (TPSA) is 77.2 Å². The highest BCUT2D eigenvalue weighted by molar-refractivity contribution is 7.82. The lowest BCUT2D eigenvalue weighted by Crippen LogP contribution is -2.48. The number of ether oxygens (including phenoxy) is 1. The number of piperidine rings is 2. The predicted molar refractivity (Wildman–Crippen MR) is 141 cm³/mol. The molecular formula is C26H43N5O3S. The first-order valence-electron chi connectivity index (χ1n) is 13.2. The Morgan fingerprint density at radius 1 is 1.06 bits per heavy atom. The molecule has 0 aliphatic carbocycles. The standard InChI is InChI=1S/C26H43N5O3S/c1-26(2,3)34-25(32)28-22-9-13-31(14-10-22)35(33)24-6-4-5-23(19-24)30-17-15-29(16-18-30)20-21-7-11-27-12-8-21/h4-6,19,21-22,27H,7-18,20H2,1-3H3,(H,28,32). The van der Waals surface area contributed by atoms with Crippen LogP contribution in [0, 0.1) is 5.92 Å². The molecule has 8 nitrogen and oxygen atoms in total. The molecule has 35 heavy (non-hydrogen) atoms. The molecule has 1 amide bonds. The van der Waals surface area contributed by atoms with Crippen LogP contribution in [0.2, 0.25) is 0 Å². The van der Waals surface area contributed by atoms with E-state index in [-0.39, 0.29) is 12.1 Å². The van der Waals surface area contributed by atoms with Crippen molar-refractivity contribution in [2.45, 2.75) is 63.0 Å². The quantitative estimate of drug-likeness (QED) is 0.619. The van der Waals surface area contributed by atoms with Gasteiger partial charge in [0.05, 0.1) is 4.90 Å². The highest BCUT2D eigenvalue weighted by Crippen LogP contribution is 2.24.